The highest BCUT2D eigenvalue weighted by Crippen LogP contribution is 2.34. The first kappa shape index (κ1) is 23.3. The minimum absolute atomic E-state index is 0.0120. The Morgan fingerprint density at radius 2 is 1.74 bits per heavy atom. The summed E-state index contributed by atoms with van der Waals surface area (Å²) in [6.45, 7) is 1.48. The summed E-state index contributed by atoms with van der Waals surface area (Å²) < 4.78 is 19.7. The number of para-hydroxylation sites is 2. The van der Waals surface area contributed by atoms with Gasteiger partial charge in [-0.15, -0.1) is 0 Å². The Bertz CT molecular complexity index is 1290. The van der Waals surface area contributed by atoms with Crippen LogP contribution in [0.5, 0.6) is 5.75 Å². The van der Waals surface area contributed by atoms with E-state index in [1.165, 1.54) is 6.07 Å². The summed E-state index contributed by atoms with van der Waals surface area (Å²) in [7, 11) is 0. The number of benzene rings is 3. The number of hydrogen-bond donors (Lipinski definition) is 1. The maximum atomic E-state index is 13.9. The smallest absolute Gasteiger partial charge is 0.294 e. The van der Waals surface area contributed by atoms with Gasteiger partial charge in [0.1, 0.15) is 24.7 Å². The number of anilines is 1. The molecule has 8 heteroatoms. The van der Waals surface area contributed by atoms with Crippen LogP contribution in [0.1, 0.15) is 16.7 Å². The number of hydrogen-bond acceptors (Lipinski definition) is 5. The van der Waals surface area contributed by atoms with Gasteiger partial charge in [0.15, 0.2) is 0 Å². The summed E-state index contributed by atoms with van der Waals surface area (Å²) in [5, 5.41) is 2.20. The summed E-state index contributed by atoms with van der Waals surface area (Å²) in [5.74, 6) is -0.953. The number of carbonyl (C=O) groups is 3. The maximum Gasteiger partial charge on any atom is 0.294 e. The van der Waals surface area contributed by atoms with E-state index in [2.05, 4.69) is 5.32 Å². The first-order chi connectivity index (χ1) is 16.4. The molecule has 3 amide bonds. The summed E-state index contributed by atoms with van der Waals surface area (Å²) in [5.41, 5.74) is 2.46. The largest absolute Gasteiger partial charge is 0.488 e. The molecule has 0 spiro atoms. The number of aryl methyl sites for hydroxylation is 1. The van der Waals surface area contributed by atoms with E-state index in [4.69, 9.17) is 4.74 Å². The average Bonchev–Trinajstić information content (AvgIpc) is 3.08. The molecule has 1 saturated heterocycles. The van der Waals surface area contributed by atoms with Gasteiger partial charge in [-0.1, -0.05) is 54.6 Å². The van der Waals surface area contributed by atoms with Crippen LogP contribution >= 0.6 is 11.8 Å². The lowest BCUT2D eigenvalue weighted by molar-refractivity contribution is -0.127. The second kappa shape index (κ2) is 10.4. The van der Waals surface area contributed by atoms with E-state index in [-0.39, 0.29) is 23.9 Å². The molecule has 6 nitrogen and oxygen atoms in total. The minimum atomic E-state index is -0.557. The highest BCUT2D eigenvalue weighted by Gasteiger charge is 2.36. The molecule has 172 valence electrons. The molecule has 0 saturated carbocycles. The third-order valence-electron chi connectivity index (χ3n) is 5.14. The fraction of sp³-hybridized carbons (Fsp3) is 0.115. The molecule has 0 aliphatic carbocycles. The van der Waals surface area contributed by atoms with Gasteiger partial charge >= 0.3 is 0 Å². The topological polar surface area (TPSA) is 75.7 Å². The highest BCUT2D eigenvalue weighted by molar-refractivity contribution is 8.18. The van der Waals surface area contributed by atoms with Gasteiger partial charge in [-0.05, 0) is 48.5 Å². The van der Waals surface area contributed by atoms with Crippen LogP contribution in [0.4, 0.5) is 14.9 Å². The lowest BCUT2D eigenvalue weighted by Crippen LogP contribution is -2.36. The summed E-state index contributed by atoms with van der Waals surface area (Å²) >= 11 is 0.757. The number of rotatable bonds is 7. The Morgan fingerprint density at radius 3 is 2.53 bits per heavy atom. The second-order valence-corrected chi connectivity index (χ2v) is 8.54. The van der Waals surface area contributed by atoms with Crippen LogP contribution in [0.2, 0.25) is 0 Å². The third kappa shape index (κ3) is 5.35. The molecule has 3 aromatic rings. The molecule has 3 aromatic carbocycles. The number of amides is 3. The molecule has 1 N–H and O–H groups in total. The van der Waals surface area contributed by atoms with Crippen LogP contribution in [0.15, 0.2) is 77.7 Å². The molecule has 0 atom stereocenters. The fourth-order valence-corrected chi connectivity index (χ4v) is 4.16. The van der Waals surface area contributed by atoms with E-state index < -0.39 is 17.1 Å². The van der Waals surface area contributed by atoms with Gasteiger partial charge < -0.3 is 10.1 Å². The van der Waals surface area contributed by atoms with Gasteiger partial charge in [-0.3, -0.25) is 19.3 Å². The van der Waals surface area contributed by atoms with Crippen molar-refractivity contribution in [1.82, 2.24) is 4.90 Å². The Balaban J connectivity index is 1.46. The van der Waals surface area contributed by atoms with E-state index in [0.717, 1.165) is 22.2 Å². The highest BCUT2D eigenvalue weighted by atomic mass is 32.2. The van der Waals surface area contributed by atoms with Gasteiger partial charge in [0.2, 0.25) is 5.91 Å². The van der Waals surface area contributed by atoms with Crippen LogP contribution < -0.4 is 10.1 Å². The van der Waals surface area contributed by atoms with Crippen molar-refractivity contribution in [2.24, 2.45) is 0 Å². The van der Waals surface area contributed by atoms with E-state index in [9.17, 15) is 18.8 Å². The zero-order valence-corrected chi connectivity index (χ0v) is 19.1. The molecule has 1 heterocycles. The molecule has 34 heavy (non-hydrogen) atoms. The van der Waals surface area contributed by atoms with Gasteiger partial charge in [-0.25, -0.2) is 4.39 Å². The van der Waals surface area contributed by atoms with E-state index in [1.807, 2.05) is 19.1 Å². The lowest BCUT2D eigenvalue weighted by Gasteiger charge is -2.13. The van der Waals surface area contributed by atoms with Crippen molar-refractivity contribution in [3.8, 4) is 5.75 Å². The zero-order valence-electron chi connectivity index (χ0n) is 18.3. The molecule has 1 fully saturated rings. The van der Waals surface area contributed by atoms with Gasteiger partial charge in [0, 0.05) is 16.8 Å². The van der Waals surface area contributed by atoms with Crippen LogP contribution in [0.3, 0.4) is 0 Å². The monoisotopic (exact) mass is 476 g/mol. The Morgan fingerprint density at radius 1 is 1.03 bits per heavy atom. The molecule has 0 bridgehead atoms. The Labute approximate surface area is 200 Å². The third-order valence-corrected chi connectivity index (χ3v) is 6.05. The number of carbonyl (C=O) groups excluding carboxylic acids is 3. The molecule has 0 aromatic heterocycles. The number of ether oxygens (including phenoxy) is 1. The first-order valence-electron chi connectivity index (χ1n) is 10.5. The number of thioether (sulfide) groups is 1. The Kier molecular flexibility index (Phi) is 7.08. The number of imide groups is 1. The van der Waals surface area contributed by atoms with Crippen molar-refractivity contribution in [3.63, 3.8) is 0 Å². The van der Waals surface area contributed by atoms with Crippen LogP contribution in [0.25, 0.3) is 6.08 Å². The fourth-order valence-electron chi connectivity index (χ4n) is 3.33. The van der Waals surface area contributed by atoms with Gasteiger partial charge in [0.25, 0.3) is 11.1 Å². The van der Waals surface area contributed by atoms with Gasteiger partial charge in [0.05, 0.1) is 4.91 Å². The molecule has 1 aliphatic rings. The molecule has 4 rings (SSSR count). The number of halogens is 1. The van der Waals surface area contributed by atoms with Crippen LogP contribution in [-0.4, -0.2) is 28.5 Å². The van der Waals surface area contributed by atoms with Crippen LogP contribution in [-0.2, 0) is 16.2 Å². The first-order valence-corrected chi connectivity index (χ1v) is 11.3. The average molecular weight is 477 g/mol. The minimum Gasteiger partial charge on any atom is -0.488 e. The maximum absolute atomic E-state index is 13.9. The van der Waals surface area contributed by atoms with Crippen molar-refractivity contribution in [2.45, 2.75) is 13.5 Å². The van der Waals surface area contributed by atoms with E-state index in [0.29, 0.717) is 22.6 Å². The second-order valence-electron chi connectivity index (χ2n) is 7.55. The SMILES string of the molecule is Cc1ccccc1NC(=O)CN1C(=O)S/C(=C/c2ccccc2OCc2ccccc2F)C1=O. The normalized spacial score (nSPS) is 14.5. The van der Waals surface area contributed by atoms with Crippen molar-refractivity contribution in [3.05, 3.63) is 100 Å². The summed E-state index contributed by atoms with van der Waals surface area (Å²) in [6, 6.07) is 20.5. The number of nitrogens with one attached hydrogen (secondary N) is 1. The molecule has 0 unspecified atom stereocenters. The van der Waals surface area contributed by atoms with Crippen molar-refractivity contribution < 1.29 is 23.5 Å². The van der Waals surface area contributed by atoms with E-state index >= 15 is 0 Å². The quantitative estimate of drug-likeness (QED) is 0.463. The molecular formula is C26H21FN2O4S. The summed E-state index contributed by atoms with van der Waals surface area (Å²) in [4.78, 5) is 38.8. The molecular weight excluding hydrogens is 455 g/mol. The zero-order chi connectivity index (χ0) is 24.1. The standard InChI is InChI=1S/C26H21FN2O4S/c1-17-8-2-6-12-21(17)28-24(30)15-29-25(31)23(34-26(29)32)14-18-9-4-7-13-22(18)33-16-19-10-3-5-11-20(19)27/h2-14H,15-16H2,1H3,(H,28,30)/b23-14+. The van der Waals surface area contributed by atoms with Crippen molar-refractivity contribution in [1.29, 1.82) is 0 Å². The van der Waals surface area contributed by atoms with Crippen molar-refractivity contribution >= 4 is 40.6 Å². The number of nitrogens with zero attached hydrogens (tertiary/aromatic N) is 1. The summed E-state index contributed by atoms with van der Waals surface area (Å²) in [6.07, 6.45) is 1.54. The van der Waals surface area contributed by atoms with Gasteiger partial charge in [-0.2, -0.15) is 0 Å². The molecule has 0 radical (unpaired) electrons. The predicted octanol–water partition coefficient (Wildman–Crippen LogP) is 5.39. The van der Waals surface area contributed by atoms with E-state index in [1.54, 1.807) is 60.7 Å². The lowest BCUT2D eigenvalue weighted by atomic mass is 10.1. The van der Waals surface area contributed by atoms with Crippen LogP contribution in [0, 0.1) is 12.7 Å². The predicted molar refractivity (Wildman–Crippen MR) is 130 cm³/mol. The molecule has 1 aliphatic heterocycles. The Hall–Kier alpha value is -3.91. The van der Waals surface area contributed by atoms with Crippen molar-refractivity contribution in [2.75, 3.05) is 11.9 Å².